The predicted octanol–water partition coefficient (Wildman–Crippen LogP) is 4.54. The number of ether oxygens (including phenoxy) is 1. The summed E-state index contributed by atoms with van der Waals surface area (Å²) in [6, 6.07) is 24.7. The van der Waals surface area contributed by atoms with Crippen LogP contribution < -0.4 is 4.74 Å². The van der Waals surface area contributed by atoms with Crippen molar-refractivity contribution in [3.05, 3.63) is 95.0 Å². The van der Waals surface area contributed by atoms with Crippen LogP contribution in [-0.4, -0.2) is 31.4 Å². The number of para-hydroxylation sites is 1. The lowest BCUT2D eigenvalue weighted by Crippen LogP contribution is -2.11. The van der Waals surface area contributed by atoms with Gasteiger partial charge in [-0.2, -0.15) is 0 Å². The zero-order valence-corrected chi connectivity index (χ0v) is 16.9. The molecule has 0 saturated heterocycles. The fourth-order valence-corrected chi connectivity index (χ4v) is 3.59. The van der Waals surface area contributed by atoms with Gasteiger partial charge in [0, 0.05) is 23.4 Å². The number of carbonyl (C=O) groups excluding carboxylic acids is 1. The molecule has 3 aromatic carbocycles. The van der Waals surface area contributed by atoms with Crippen LogP contribution in [0.5, 0.6) is 5.75 Å². The second kappa shape index (κ2) is 9.23. The van der Waals surface area contributed by atoms with E-state index in [-0.39, 0.29) is 17.2 Å². The van der Waals surface area contributed by atoms with Crippen LogP contribution in [0.3, 0.4) is 0 Å². The SMILES string of the molecule is O=C(CSc1nnc(-c2ccccc2)n1-c1ccccc1)Oc1ccc([N+](=O)[O-])cc1. The molecule has 0 bridgehead atoms. The molecule has 4 aromatic rings. The Labute approximate surface area is 181 Å². The number of nitro benzene ring substituents is 1. The average molecular weight is 432 g/mol. The van der Waals surface area contributed by atoms with Crippen molar-refractivity contribution < 1.29 is 14.5 Å². The Kier molecular flexibility index (Phi) is 6.04. The van der Waals surface area contributed by atoms with E-state index in [0.29, 0.717) is 11.0 Å². The number of nitrogens with zero attached hydrogens (tertiary/aromatic N) is 4. The van der Waals surface area contributed by atoms with E-state index < -0.39 is 10.9 Å². The molecule has 0 saturated carbocycles. The highest BCUT2D eigenvalue weighted by molar-refractivity contribution is 7.99. The van der Waals surface area contributed by atoms with Gasteiger partial charge in [-0.25, -0.2) is 0 Å². The number of esters is 1. The van der Waals surface area contributed by atoms with Crippen molar-refractivity contribution >= 4 is 23.4 Å². The molecule has 0 fully saturated rings. The van der Waals surface area contributed by atoms with Gasteiger partial charge in [0.2, 0.25) is 0 Å². The van der Waals surface area contributed by atoms with Crippen LogP contribution in [0.2, 0.25) is 0 Å². The van der Waals surface area contributed by atoms with Crippen molar-refractivity contribution in [2.24, 2.45) is 0 Å². The molecule has 0 radical (unpaired) electrons. The van der Waals surface area contributed by atoms with Gasteiger partial charge in [-0.05, 0) is 24.3 Å². The highest BCUT2D eigenvalue weighted by Crippen LogP contribution is 2.28. The lowest BCUT2D eigenvalue weighted by Gasteiger charge is -2.10. The standard InChI is InChI=1S/C22H16N4O4S/c27-20(30-19-13-11-18(12-14-19)26(28)29)15-31-22-24-23-21(16-7-3-1-4-8-16)25(22)17-9-5-2-6-10-17/h1-14H,15H2. The summed E-state index contributed by atoms with van der Waals surface area (Å²) in [4.78, 5) is 22.5. The maximum absolute atomic E-state index is 12.3. The Bertz CT molecular complexity index is 1200. The normalized spacial score (nSPS) is 10.6. The van der Waals surface area contributed by atoms with E-state index in [1.807, 2.05) is 65.2 Å². The van der Waals surface area contributed by atoms with Gasteiger partial charge in [-0.1, -0.05) is 60.3 Å². The molecule has 0 N–H and O–H groups in total. The number of nitro groups is 1. The third-order valence-corrected chi connectivity index (χ3v) is 5.18. The minimum absolute atomic E-state index is 0.00323. The first-order chi connectivity index (χ1) is 15.1. The van der Waals surface area contributed by atoms with E-state index in [2.05, 4.69) is 10.2 Å². The van der Waals surface area contributed by atoms with Gasteiger partial charge in [-0.15, -0.1) is 10.2 Å². The maximum atomic E-state index is 12.3. The number of rotatable bonds is 7. The van der Waals surface area contributed by atoms with Gasteiger partial charge in [0.15, 0.2) is 11.0 Å². The van der Waals surface area contributed by atoms with Crippen LogP contribution in [0.4, 0.5) is 5.69 Å². The molecule has 1 heterocycles. The fourth-order valence-electron chi connectivity index (χ4n) is 2.87. The number of aromatic nitrogens is 3. The fraction of sp³-hybridized carbons (Fsp3) is 0.0455. The van der Waals surface area contributed by atoms with Gasteiger partial charge < -0.3 is 4.74 Å². The number of non-ortho nitro benzene ring substituents is 1. The second-order valence-electron chi connectivity index (χ2n) is 6.36. The van der Waals surface area contributed by atoms with E-state index in [9.17, 15) is 14.9 Å². The van der Waals surface area contributed by atoms with E-state index in [1.54, 1.807) is 0 Å². The topological polar surface area (TPSA) is 100 Å². The third kappa shape index (κ3) is 4.78. The first kappa shape index (κ1) is 20.3. The Hall–Kier alpha value is -3.98. The number of hydrogen-bond donors (Lipinski definition) is 0. The number of hydrogen-bond acceptors (Lipinski definition) is 7. The molecule has 0 unspecified atom stereocenters. The molecule has 0 aliphatic carbocycles. The van der Waals surface area contributed by atoms with Crippen LogP contribution >= 0.6 is 11.8 Å². The van der Waals surface area contributed by atoms with Gasteiger partial charge in [0.1, 0.15) is 5.75 Å². The van der Waals surface area contributed by atoms with Gasteiger partial charge in [0.05, 0.1) is 10.7 Å². The van der Waals surface area contributed by atoms with Crippen LogP contribution in [0.25, 0.3) is 17.1 Å². The summed E-state index contributed by atoms with van der Waals surface area (Å²) in [7, 11) is 0. The summed E-state index contributed by atoms with van der Waals surface area (Å²) < 4.78 is 7.16. The Morgan fingerprint density at radius 3 is 2.23 bits per heavy atom. The van der Waals surface area contributed by atoms with Crippen LogP contribution in [0, 0.1) is 10.1 Å². The molecular weight excluding hydrogens is 416 g/mol. The number of thioether (sulfide) groups is 1. The largest absolute Gasteiger partial charge is 0.426 e. The molecule has 1 aromatic heterocycles. The van der Waals surface area contributed by atoms with Gasteiger partial charge in [-0.3, -0.25) is 19.5 Å². The van der Waals surface area contributed by atoms with Crippen molar-refractivity contribution in [1.29, 1.82) is 0 Å². The molecule has 154 valence electrons. The third-order valence-electron chi connectivity index (χ3n) is 4.28. The Balaban J connectivity index is 1.52. The molecule has 0 amide bonds. The van der Waals surface area contributed by atoms with E-state index >= 15 is 0 Å². The first-order valence-electron chi connectivity index (χ1n) is 9.26. The highest BCUT2D eigenvalue weighted by atomic mass is 32.2. The minimum atomic E-state index is -0.512. The average Bonchev–Trinajstić information content (AvgIpc) is 3.23. The number of benzene rings is 3. The lowest BCUT2D eigenvalue weighted by atomic mass is 10.2. The summed E-state index contributed by atoms with van der Waals surface area (Å²) in [5.74, 6) is 0.406. The molecular formula is C22H16N4O4S. The molecule has 0 spiro atoms. The van der Waals surface area contributed by atoms with Crippen molar-refractivity contribution in [2.45, 2.75) is 5.16 Å². The zero-order chi connectivity index (χ0) is 21.6. The summed E-state index contributed by atoms with van der Waals surface area (Å²) >= 11 is 1.20. The molecule has 4 rings (SSSR count). The van der Waals surface area contributed by atoms with Crippen LogP contribution in [0.1, 0.15) is 0 Å². The quantitative estimate of drug-likeness (QED) is 0.139. The monoisotopic (exact) mass is 432 g/mol. The maximum Gasteiger partial charge on any atom is 0.321 e. The summed E-state index contributed by atoms with van der Waals surface area (Å²) in [6.07, 6.45) is 0. The zero-order valence-electron chi connectivity index (χ0n) is 16.1. The van der Waals surface area contributed by atoms with Crippen LogP contribution in [-0.2, 0) is 4.79 Å². The van der Waals surface area contributed by atoms with Crippen molar-refractivity contribution in [3.8, 4) is 22.8 Å². The molecule has 8 nitrogen and oxygen atoms in total. The summed E-state index contributed by atoms with van der Waals surface area (Å²) in [6.45, 7) is 0. The number of carbonyl (C=O) groups is 1. The molecule has 0 atom stereocenters. The highest BCUT2D eigenvalue weighted by Gasteiger charge is 2.18. The summed E-state index contributed by atoms with van der Waals surface area (Å²) in [5, 5.41) is 19.9. The van der Waals surface area contributed by atoms with E-state index in [4.69, 9.17) is 4.74 Å². The first-order valence-corrected chi connectivity index (χ1v) is 10.2. The van der Waals surface area contributed by atoms with Gasteiger partial charge >= 0.3 is 5.97 Å². The van der Waals surface area contributed by atoms with Crippen molar-refractivity contribution in [2.75, 3.05) is 5.75 Å². The van der Waals surface area contributed by atoms with Gasteiger partial charge in [0.25, 0.3) is 5.69 Å². The van der Waals surface area contributed by atoms with Crippen molar-refractivity contribution in [1.82, 2.24) is 14.8 Å². The molecule has 9 heteroatoms. The van der Waals surface area contributed by atoms with E-state index in [1.165, 1.54) is 36.0 Å². The molecule has 0 aliphatic heterocycles. The Morgan fingerprint density at radius 1 is 0.935 bits per heavy atom. The Morgan fingerprint density at radius 2 is 1.58 bits per heavy atom. The predicted molar refractivity (Wildman–Crippen MR) is 116 cm³/mol. The lowest BCUT2D eigenvalue weighted by molar-refractivity contribution is -0.384. The minimum Gasteiger partial charge on any atom is -0.426 e. The smallest absolute Gasteiger partial charge is 0.321 e. The van der Waals surface area contributed by atoms with Crippen molar-refractivity contribution in [3.63, 3.8) is 0 Å². The van der Waals surface area contributed by atoms with Crippen LogP contribution in [0.15, 0.2) is 90.1 Å². The summed E-state index contributed by atoms with van der Waals surface area (Å²) in [5.41, 5.74) is 1.70. The van der Waals surface area contributed by atoms with E-state index in [0.717, 1.165) is 11.3 Å². The second-order valence-corrected chi connectivity index (χ2v) is 7.30. The molecule has 0 aliphatic rings. The molecule has 31 heavy (non-hydrogen) atoms.